The molecule has 27 heavy (non-hydrogen) atoms. The maximum atomic E-state index is 12.8. The maximum absolute atomic E-state index is 12.8. The molecule has 2 aromatic carbocycles. The minimum Gasteiger partial charge on any atom is -0.454 e. The molecule has 0 fully saturated rings. The standard InChI is InChI=1S/C21H22N2O4/c1-3-20(24)23-9-8-15-11-16(5-6-17(15)23)21(25)22(2)12-14-4-7-18-19(10-14)27-13-26-18/h4-7,10-11H,3,8-9,12-13H2,1-2H3. The van der Waals surface area contributed by atoms with Crippen LogP contribution in [0.25, 0.3) is 0 Å². The van der Waals surface area contributed by atoms with E-state index in [1.54, 1.807) is 22.9 Å². The number of hydrogen-bond acceptors (Lipinski definition) is 4. The van der Waals surface area contributed by atoms with Gasteiger partial charge in [-0.1, -0.05) is 13.0 Å². The number of benzene rings is 2. The lowest BCUT2D eigenvalue weighted by Crippen LogP contribution is -2.28. The van der Waals surface area contributed by atoms with Crippen molar-refractivity contribution < 1.29 is 19.1 Å². The topological polar surface area (TPSA) is 59.1 Å². The zero-order chi connectivity index (χ0) is 19.0. The average molecular weight is 366 g/mol. The SMILES string of the molecule is CCC(=O)N1CCc2cc(C(=O)N(C)Cc3ccc4c(c3)OCO4)ccc21. The highest BCUT2D eigenvalue weighted by atomic mass is 16.7. The Kier molecular flexibility index (Phi) is 4.48. The van der Waals surface area contributed by atoms with E-state index in [1.165, 1.54) is 0 Å². The van der Waals surface area contributed by atoms with Gasteiger partial charge in [-0.05, 0) is 47.9 Å². The Morgan fingerprint density at radius 1 is 1.11 bits per heavy atom. The summed E-state index contributed by atoms with van der Waals surface area (Å²) < 4.78 is 10.7. The molecule has 2 aromatic rings. The molecule has 0 radical (unpaired) electrons. The summed E-state index contributed by atoms with van der Waals surface area (Å²) in [7, 11) is 1.78. The van der Waals surface area contributed by atoms with Gasteiger partial charge < -0.3 is 19.3 Å². The monoisotopic (exact) mass is 366 g/mol. The van der Waals surface area contributed by atoms with Gasteiger partial charge in [-0.15, -0.1) is 0 Å². The summed E-state index contributed by atoms with van der Waals surface area (Å²) >= 11 is 0. The Morgan fingerprint density at radius 3 is 2.74 bits per heavy atom. The Bertz CT molecular complexity index is 909. The van der Waals surface area contributed by atoms with Crippen molar-refractivity contribution in [2.24, 2.45) is 0 Å². The van der Waals surface area contributed by atoms with Crippen molar-refractivity contribution in [2.45, 2.75) is 26.3 Å². The first kappa shape index (κ1) is 17.4. The first-order chi connectivity index (χ1) is 13.1. The molecular formula is C21H22N2O4. The van der Waals surface area contributed by atoms with Crippen LogP contribution in [0.3, 0.4) is 0 Å². The van der Waals surface area contributed by atoms with Gasteiger partial charge >= 0.3 is 0 Å². The number of amides is 2. The number of hydrogen-bond donors (Lipinski definition) is 0. The molecule has 0 unspecified atom stereocenters. The molecule has 0 N–H and O–H groups in total. The molecule has 6 heteroatoms. The quantitative estimate of drug-likeness (QED) is 0.835. The molecule has 0 aromatic heterocycles. The summed E-state index contributed by atoms with van der Waals surface area (Å²) in [4.78, 5) is 28.4. The van der Waals surface area contributed by atoms with Gasteiger partial charge in [-0.3, -0.25) is 9.59 Å². The lowest BCUT2D eigenvalue weighted by atomic mass is 10.1. The van der Waals surface area contributed by atoms with Gasteiger partial charge in [0.05, 0.1) is 0 Å². The number of carbonyl (C=O) groups is 2. The minimum atomic E-state index is -0.0456. The number of ether oxygens (including phenoxy) is 2. The molecular weight excluding hydrogens is 344 g/mol. The first-order valence-corrected chi connectivity index (χ1v) is 9.14. The van der Waals surface area contributed by atoms with Crippen LogP contribution >= 0.6 is 0 Å². The van der Waals surface area contributed by atoms with Crippen LogP contribution in [-0.2, 0) is 17.8 Å². The first-order valence-electron chi connectivity index (χ1n) is 9.14. The number of fused-ring (bicyclic) bond motifs is 2. The van der Waals surface area contributed by atoms with Crippen LogP contribution in [0.5, 0.6) is 11.5 Å². The number of rotatable bonds is 4. The Hall–Kier alpha value is -3.02. The molecule has 0 saturated heterocycles. The minimum absolute atomic E-state index is 0.0456. The van der Waals surface area contributed by atoms with Crippen molar-refractivity contribution in [3.05, 3.63) is 53.1 Å². The number of carbonyl (C=O) groups excluding carboxylic acids is 2. The largest absolute Gasteiger partial charge is 0.454 e. The van der Waals surface area contributed by atoms with Crippen LogP contribution in [0, 0.1) is 0 Å². The third-order valence-corrected chi connectivity index (χ3v) is 5.03. The fraction of sp³-hybridized carbons (Fsp3) is 0.333. The molecule has 2 aliphatic rings. The normalized spacial score (nSPS) is 14.2. The second kappa shape index (κ2) is 6.95. The van der Waals surface area contributed by atoms with E-state index in [9.17, 15) is 9.59 Å². The van der Waals surface area contributed by atoms with E-state index in [4.69, 9.17) is 9.47 Å². The van der Waals surface area contributed by atoms with Gasteiger partial charge in [-0.2, -0.15) is 0 Å². The molecule has 0 aliphatic carbocycles. The zero-order valence-electron chi connectivity index (χ0n) is 15.5. The highest BCUT2D eigenvalue weighted by Crippen LogP contribution is 2.33. The van der Waals surface area contributed by atoms with Gasteiger partial charge in [0, 0.05) is 37.8 Å². The van der Waals surface area contributed by atoms with E-state index in [0.29, 0.717) is 30.8 Å². The van der Waals surface area contributed by atoms with Crippen LogP contribution in [0.1, 0.15) is 34.8 Å². The van der Waals surface area contributed by atoms with Crippen molar-refractivity contribution in [1.29, 1.82) is 0 Å². The van der Waals surface area contributed by atoms with Crippen molar-refractivity contribution in [1.82, 2.24) is 4.90 Å². The van der Waals surface area contributed by atoms with Gasteiger partial charge in [-0.25, -0.2) is 0 Å². The summed E-state index contributed by atoms with van der Waals surface area (Å²) in [5.41, 5.74) is 3.61. The van der Waals surface area contributed by atoms with Crippen molar-refractivity contribution in [3.8, 4) is 11.5 Å². The summed E-state index contributed by atoms with van der Waals surface area (Å²) in [5.74, 6) is 1.52. The Morgan fingerprint density at radius 2 is 1.93 bits per heavy atom. The number of anilines is 1. The van der Waals surface area contributed by atoms with E-state index in [0.717, 1.165) is 29.0 Å². The lowest BCUT2D eigenvalue weighted by Gasteiger charge is -2.19. The molecule has 4 rings (SSSR count). The van der Waals surface area contributed by atoms with Crippen LogP contribution in [-0.4, -0.2) is 37.1 Å². The van der Waals surface area contributed by atoms with Crippen LogP contribution in [0.2, 0.25) is 0 Å². The predicted molar refractivity (Wildman–Crippen MR) is 101 cm³/mol. The third kappa shape index (κ3) is 3.23. The smallest absolute Gasteiger partial charge is 0.253 e. The predicted octanol–water partition coefficient (Wildman–Crippen LogP) is 2.99. The van der Waals surface area contributed by atoms with E-state index in [-0.39, 0.29) is 18.6 Å². The summed E-state index contributed by atoms with van der Waals surface area (Å²) in [6.45, 7) is 3.27. The summed E-state index contributed by atoms with van der Waals surface area (Å²) in [5, 5.41) is 0. The molecule has 6 nitrogen and oxygen atoms in total. The van der Waals surface area contributed by atoms with Crippen molar-refractivity contribution in [3.63, 3.8) is 0 Å². The van der Waals surface area contributed by atoms with Gasteiger partial charge in [0.1, 0.15) is 0 Å². The van der Waals surface area contributed by atoms with Crippen LogP contribution < -0.4 is 14.4 Å². The lowest BCUT2D eigenvalue weighted by molar-refractivity contribution is -0.118. The van der Waals surface area contributed by atoms with E-state index in [2.05, 4.69) is 0 Å². The fourth-order valence-corrected chi connectivity index (χ4v) is 3.59. The maximum Gasteiger partial charge on any atom is 0.253 e. The average Bonchev–Trinajstić information content (AvgIpc) is 3.32. The summed E-state index contributed by atoms with van der Waals surface area (Å²) in [6, 6.07) is 11.3. The van der Waals surface area contributed by atoms with Gasteiger partial charge in [0.15, 0.2) is 11.5 Å². The van der Waals surface area contributed by atoms with Gasteiger partial charge in [0.25, 0.3) is 5.91 Å². The molecule has 2 amide bonds. The molecule has 0 saturated carbocycles. The second-order valence-electron chi connectivity index (χ2n) is 6.84. The number of nitrogens with zero attached hydrogens (tertiary/aromatic N) is 2. The molecule has 0 bridgehead atoms. The molecule has 0 atom stereocenters. The molecule has 140 valence electrons. The molecule has 2 aliphatic heterocycles. The van der Waals surface area contributed by atoms with Gasteiger partial charge in [0.2, 0.25) is 12.7 Å². The molecule has 2 heterocycles. The van der Waals surface area contributed by atoms with E-state index < -0.39 is 0 Å². The van der Waals surface area contributed by atoms with Crippen molar-refractivity contribution >= 4 is 17.5 Å². The Labute approximate surface area is 158 Å². The van der Waals surface area contributed by atoms with Crippen LogP contribution in [0.15, 0.2) is 36.4 Å². The zero-order valence-corrected chi connectivity index (χ0v) is 15.5. The fourth-order valence-electron chi connectivity index (χ4n) is 3.59. The summed E-state index contributed by atoms with van der Waals surface area (Å²) in [6.07, 6.45) is 1.27. The third-order valence-electron chi connectivity index (χ3n) is 5.03. The van der Waals surface area contributed by atoms with E-state index >= 15 is 0 Å². The van der Waals surface area contributed by atoms with Crippen molar-refractivity contribution in [2.75, 3.05) is 25.3 Å². The second-order valence-corrected chi connectivity index (χ2v) is 6.84. The Balaban J connectivity index is 1.49. The molecule has 0 spiro atoms. The highest BCUT2D eigenvalue weighted by Gasteiger charge is 2.25. The highest BCUT2D eigenvalue weighted by molar-refractivity contribution is 5.98. The van der Waals surface area contributed by atoms with Crippen LogP contribution in [0.4, 0.5) is 5.69 Å². The van der Waals surface area contributed by atoms with E-state index in [1.807, 2.05) is 37.3 Å².